The van der Waals surface area contributed by atoms with E-state index in [1.807, 2.05) is 37.2 Å². The molecular weight excluding hydrogens is 457 g/mol. The van der Waals surface area contributed by atoms with Gasteiger partial charge in [-0.2, -0.15) is 0 Å². The van der Waals surface area contributed by atoms with Crippen LogP contribution >= 0.6 is 24.0 Å². The van der Waals surface area contributed by atoms with Crippen molar-refractivity contribution in [2.75, 3.05) is 51.9 Å². The molecule has 0 spiro atoms. The number of hydrogen-bond acceptors (Lipinski definition) is 5. The molecule has 0 saturated carbocycles. The van der Waals surface area contributed by atoms with Crippen molar-refractivity contribution in [2.24, 2.45) is 4.99 Å². The molecule has 1 saturated heterocycles. The summed E-state index contributed by atoms with van der Waals surface area (Å²) in [5.74, 6) is 1.75. The monoisotopic (exact) mass is 491 g/mol. The summed E-state index contributed by atoms with van der Waals surface area (Å²) in [5, 5.41) is 6.61. The van der Waals surface area contributed by atoms with Crippen LogP contribution in [0.15, 0.2) is 23.2 Å². The van der Waals surface area contributed by atoms with Gasteiger partial charge in [-0.25, -0.2) is 9.98 Å². The summed E-state index contributed by atoms with van der Waals surface area (Å²) in [6, 6.07) is 6.01. The SMILES string of the molecule is CCNC(=NCc1cccc(N(C)C)n1)NCCCOCC1CCCO1.I. The Balaban J connectivity index is 0.00000364. The number of nitrogens with one attached hydrogen (secondary N) is 2. The molecular formula is C19H34IN5O2. The second kappa shape index (κ2) is 14.0. The molecule has 2 heterocycles. The summed E-state index contributed by atoms with van der Waals surface area (Å²) in [6.45, 7) is 6.58. The highest BCUT2D eigenvalue weighted by Crippen LogP contribution is 2.12. The largest absolute Gasteiger partial charge is 0.379 e. The van der Waals surface area contributed by atoms with E-state index in [2.05, 4.69) is 27.5 Å². The Morgan fingerprint density at radius 1 is 1.37 bits per heavy atom. The summed E-state index contributed by atoms with van der Waals surface area (Å²) < 4.78 is 11.2. The normalized spacial score (nSPS) is 16.7. The standard InChI is InChI=1S/C19H33N5O2.HI/c1-4-20-19(21-11-7-12-25-15-17-9-6-13-26-17)22-14-16-8-5-10-18(23-16)24(2)3;/h5,8,10,17H,4,6-7,9,11-15H2,1-3H3,(H2,20,21,22);1H. The zero-order valence-corrected chi connectivity index (χ0v) is 19.1. The number of hydrogen-bond donors (Lipinski definition) is 2. The summed E-state index contributed by atoms with van der Waals surface area (Å²) in [4.78, 5) is 11.2. The summed E-state index contributed by atoms with van der Waals surface area (Å²) in [6.07, 6.45) is 3.52. The lowest BCUT2D eigenvalue weighted by atomic mass is 10.2. The van der Waals surface area contributed by atoms with Crippen LogP contribution in [0, 0.1) is 0 Å². The molecule has 27 heavy (non-hydrogen) atoms. The van der Waals surface area contributed by atoms with Crippen molar-refractivity contribution in [1.29, 1.82) is 0 Å². The van der Waals surface area contributed by atoms with E-state index < -0.39 is 0 Å². The molecule has 0 radical (unpaired) electrons. The van der Waals surface area contributed by atoms with Crippen LogP contribution in [0.2, 0.25) is 0 Å². The zero-order chi connectivity index (χ0) is 18.6. The fourth-order valence-corrected chi connectivity index (χ4v) is 2.68. The molecule has 1 aliphatic rings. The molecule has 0 amide bonds. The van der Waals surface area contributed by atoms with Gasteiger partial charge < -0.3 is 25.0 Å². The number of halogens is 1. The Kier molecular flexibility index (Phi) is 12.4. The minimum absolute atomic E-state index is 0. The maximum Gasteiger partial charge on any atom is 0.191 e. The maximum absolute atomic E-state index is 5.68. The molecule has 1 aromatic rings. The second-order valence-corrected chi connectivity index (χ2v) is 6.57. The Morgan fingerprint density at radius 2 is 2.22 bits per heavy atom. The predicted octanol–water partition coefficient (Wildman–Crippen LogP) is 2.41. The summed E-state index contributed by atoms with van der Waals surface area (Å²) in [7, 11) is 3.98. The molecule has 2 N–H and O–H groups in total. The number of rotatable bonds is 10. The van der Waals surface area contributed by atoms with Crippen LogP contribution < -0.4 is 15.5 Å². The maximum atomic E-state index is 5.68. The van der Waals surface area contributed by atoms with Crippen molar-refractivity contribution in [2.45, 2.75) is 38.8 Å². The minimum atomic E-state index is 0. The molecule has 1 aliphatic heterocycles. The third kappa shape index (κ3) is 9.57. The zero-order valence-electron chi connectivity index (χ0n) is 16.7. The van der Waals surface area contributed by atoms with E-state index in [9.17, 15) is 0 Å². The van der Waals surface area contributed by atoms with Gasteiger partial charge in [0.2, 0.25) is 0 Å². The average Bonchev–Trinajstić information content (AvgIpc) is 3.16. The van der Waals surface area contributed by atoms with Gasteiger partial charge in [-0.3, -0.25) is 0 Å². The van der Waals surface area contributed by atoms with Crippen LogP contribution in [0.4, 0.5) is 5.82 Å². The molecule has 0 bridgehead atoms. The fourth-order valence-electron chi connectivity index (χ4n) is 2.68. The Bertz CT molecular complexity index is 551. The third-order valence-electron chi connectivity index (χ3n) is 4.08. The van der Waals surface area contributed by atoms with Crippen molar-refractivity contribution in [3.63, 3.8) is 0 Å². The number of aromatic nitrogens is 1. The van der Waals surface area contributed by atoms with Crippen molar-refractivity contribution >= 4 is 35.8 Å². The van der Waals surface area contributed by atoms with Gasteiger partial charge >= 0.3 is 0 Å². The van der Waals surface area contributed by atoms with Crippen LogP contribution in [-0.2, 0) is 16.0 Å². The lowest BCUT2D eigenvalue weighted by Crippen LogP contribution is -2.38. The smallest absolute Gasteiger partial charge is 0.191 e. The van der Waals surface area contributed by atoms with Gasteiger partial charge in [-0.05, 0) is 38.3 Å². The van der Waals surface area contributed by atoms with E-state index in [1.165, 1.54) is 0 Å². The van der Waals surface area contributed by atoms with Crippen molar-refractivity contribution in [3.05, 3.63) is 23.9 Å². The van der Waals surface area contributed by atoms with Crippen LogP contribution in [-0.4, -0.2) is 64.1 Å². The first kappa shape index (κ1) is 23.9. The molecule has 1 atom stereocenters. The number of pyridine rings is 1. The number of nitrogens with zero attached hydrogens (tertiary/aromatic N) is 3. The van der Waals surface area contributed by atoms with E-state index in [1.54, 1.807) is 0 Å². The van der Waals surface area contributed by atoms with E-state index in [0.29, 0.717) is 19.3 Å². The van der Waals surface area contributed by atoms with Crippen LogP contribution in [0.25, 0.3) is 0 Å². The molecule has 2 rings (SSSR count). The fraction of sp³-hybridized carbons (Fsp3) is 0.684. The van der Waals surface area contributed by atoms with E-state index in [0.717, 1.165) is 63.0 Å². The van der Waals surface area contributed by atoms with Gasteiger partial charge in [-0.1, -0.05) is 6.07 Å². The van der Waals surface area contributed by atoms with Gasteiger partial charge in [0.25, 0.3) is 0 Å². The van der Waals surface area contributed by atoms with Crippen molar-refractivity contribution in [3.8, 4) is 0 Å². The number of anilines is 1. The molecule has 0 aliphatic carbocycles. The molecule has 1 unspecified atom stereocenters. The van der Waals surface area contributed by atoms with Crippen LogP contribution in [0.5, 0.6) is 0 Å². The molecule has 1 aromatic heterocycles. The van der Waals surface area contributed by atoms with Gasteiger partial charge in [0.05, 0.1) is 24.9 Å². The highest BCUT2D eigenvalue weighted by Gasteiger charge is 2.14. The van der Waals surface area contributed by atoms with Gasteiger partial charge in [0.1, 0.15) is 5.82 Å². The Morgan fingerprint density at radius 3 is 2.93 bits per heavy atom. The van der Waals surface area contributed by atoms with E-state index in [4.69, 9.17) is 9.47 Å². The predicted molar refractivity (Wildman–Crippen MR) is 121 cm³/mol. The first-order chi connectivity index (χ1) is 12.7. The number of aliphatic imine (C=N–C) groups is 1. The second-order valence-electron chi connectivity index (χ2n) is 6.57. The highest BCUT2D eigenvalue weighted by molar-refractivity contribution is 14.0. The van der Waals surface area contributed by atoms with Crippen molar-refractivity contribution < 1.29 is 9.47 Å². The lowest BCUT2D eigenvalue weighted by molar-refractivity contribution is 0.0168. The molecule has 8 heteroatoms. The summed E-state index contributed by atoms with van der Waals surface area (Å²) >= 11 is 0. The van der Waals surface area contributed by atoms with Gasteiger partial charge in [0, 0.05) is 40.4 Å². The van der Waals surface area contributed by atoms with Crippen LogP contribution in [0.1, 0.15) is 31.9 Å². The first-order valence-electron chi connectivity index (χ1n) is 9.54. The summed E-state index contributed by atoms with van der Waals surface area (Å²) in [5.41, 5.74) is 0.952. The van der Waals surface area contributed by atoms with Gasteiger partial charge in [-0.15, -0.1) is 24.0 Å². The Labute approximate surface area is 180 Å². The number of ether oxygens (including phenoxy) is 2. The number of guanidine groups is 1. The van der Waals surface area contributed by atoms with E-state index >= 15 is 0 Å². The Hall–Kier alpha value is -1.13. The van der Waals surface area contributed by atoms with Crippen LogP contribution in [0.3, 0.4) is 0 Å². The quantitative estimate of drug-likeness (QED) is 0.227. The minimum Gasteiger partial charge on any atom is -0.379 e. The topological polar surface area (TPSA) is 71.0 Å². The lowest BCUT2D eigenvalue weighted by Gasteiger charge is -2.13. The molecule has 0 aromatic carbocycles. The van der Waals surface area contributed by atoms with Gasteiger partial charge in [0.15, 0.2) is 5.96 Å². The van der Waals surface area contributed by atoms with E-state index in [-0.39, 0.29) is 24.0 Å². The van der Waals surface area contributed by atoms with Crippen molar-refractivity contribution in [1.82, 2.24) is 15.6 Å². The highest BCUT2D eigenvalue weighted by atomic mass is 127. The average molecular weight is 491 g/mol. The first-order valence-corrected chi connectivity index (χ1v) is 9.54. The molecule has 154 valence electrons. The molecule has 1 fully saturated rings. The molecule has 7 nitrogen and oxygen atoms in total. The third-order valence-corrected chi connectivity index (χ3v) is 4.08.